The number of carbonyl (C=O) groups excluding carboxylic acids is 1. The van der Waals surface area contributed by atoms with Crippen LogP contribution in [-0.4, -0.2) is 63.9 Å². The first-order valence-corrected chi connectivity index (χ1v) is 10.1. The number of amides is 1. The molecular formula is C20H33N5O. The molecule has 1 N–H and O–H groups in total. The molecule has 1 atom stereocenters. The molecule has 6 heteroatoms. The molecule has 6 nitrogen and oxygen atoms in total. The fourth-order valence-electron chi connectivity index (χ4n) is 4.15. The predicted molar refractivity (Wildman–Crippen MR) is 103 cm³/mol. The topological polar surface area (TPSA) is 61.4 Å². The van der Waals surface area contributed by atoms with E-state index in [4.69, 9.17) is 0 Å². The van der Waals surface area contributed by atoms with E-state index in [0.717, 1.165) is 37.3 Å². The first-order chi connectivity index (χ1) is 12.5. The second-order valence-electron chi connectivity index (χ2n) is 8.06. The van der Waals surface area contributed by atoms with Crippen molar-refractivity contribution in [2.75, 3.05) is 26.2 Å². The summed E-state index contributed by atoms with van der Waals surface area (Å²) in [4.78, 5) is 26.3. The average molecular weight is 360 g/mol. The lowest BCUT2D eigenvalue weighted by Crippen LogP contribution is -2.51. The van der Waals surface area contributed by atoms with Gasteiger partial charge in [0.15, 0.2) is 0 Å². The molecule has 0 saturated carbocycles. The van der Waals surface area contributed by atoms with Gasteiger partial charge in [-0.1, -0.05) is 0 Å². The van der Waals surface area contributed by atoms with Gasteiger partial charge in [0, 0.05) is 24.8 Å². The number of hydrogen-bond acceptors (Lipinski definition) is 5. The number of nitrogens with one attached hydrogen (secondary N) is 1. The van der Waals surface area contributed by atoms with Crippen molar-refractivity contribution in [3.8, 4) is 0 Å². The van der Waals surface area contributed by atoms with Crippen LogP contribution in [0.1, 0.15) is 50.9 Å². The summed E-state index contributed by atoms with van der Waals surface area (Å²) in [6.07, 6.45) is 8.05. The summed E-state index contributed by atoms with van der Waals surface area (Å²) in [7, 11) is 0. The molecule has 1 unspecified atom stereocenters. The van der Waals surface area contributed by atoms with Crippen LogP contribution in [0.3, 0.4) is 0 Å². The van der Waals surface area contributed by atoms with Crippen molar-refractivity contribution < 1.29 is 4.79 Å². The number of likely N-dealkylation sites (tertiary alicyclic amines) is 2. The summed E-state index contributed by atoms with van der Waals surface area (Å²) in [6, 6.07) is 1.28. The molecular weight excluding hydrogens is 326 g/mol. The van der Waals surface area contributed by atoms with Crippen molar-refractivity contribution in [1.29, 1.82) is 0 Å². The summed E-state index contributed by atoms with van der Waals surface area (Å²) in [5.41, 5.74) is 1.71. The normalized spacial score (nSPS) is 23.3. The van der Waals surface area contributed by atoms with Gasteiger partial charge in [-0.3, -0.25) is 19.7 Å². The van der Waals surface area contributed by atoms with Crippen LogP contribution in [-0.2, 0) is 11.3 Å². The minimum absolute atomic E-state index is 0.102. The number of piperidine rings is 2. The Bertz CT molecular complexity index is 580. The molecule has 144 valence electrons. The van der Waals surface area contributed by atoms with Crippen LogP contribution in [0.15, 0.2) is 12.4 Å². The van der Waals surface area contributed by atoms with E-state index in [9.17, 15) is 4.79 Å². The Labute approximate surface area is 157 Å². The first kappa shape index (κ1) is 19.2. The second kappa shape index (κ2) is 8.91. The Balaban J connectivity index is 1.47. The Hall–Kier alpha value is -1.53. The summed E-state index contributed by atoms with van der Waals surface area (Å²) in [5.74, 6) is 0.266. The summed E-state index contributed by atoms with van der Waals surface area (Å²) in [6.45, 7) is 11.3. The van der Waals surface area contributed by atoms with E-state index < -0.39 is 0 Å². The number of nitrogens with zero attached hydrogens (tertiary/aromatic N) is 4. The van der Waals surface area contributed by atoms with Gasteiger partial charge in [0.25, 0.3) is 0 Å². The zero-order valence-electron chi connectivity index (χ0n) is 16.4. The minimum Gasteiger partial charge on any atom is -0.350 e. The van der Waals surface area contributed by atoms with Gasteiger partial charge in [0.2, 0.25) is 5.91 Å². The number of hydrogen-bond donors (Lipinski definition) is 1. The van der Waals surface area contributed by atoms with E-state index in [1.165, 1.54) is 25.9 Å². The molecule has 2 fully saturated rings. The summed E-state index contributed by atoms with van der Waals surface area (Å²) < 4.78 is 0. The lowest BCUT2D eigenvalue weighted by atomic mass is 9.93. The Morgan fingerprint density at radius 3 is 2.62 bits per heavy atom. The fraction of sp³-hybridized carbons (Fsp3) is 0.750. The quantitative estimate of drug-likeness (QED) is 0.871. The zero-order valence-corrected chi connectivity index (χ0v) is 16.4. The third-order valence-corrected chi connectivity index (χ3v) is 5.85. The lowest BCUT2D eigenvalue weighted by Gasteiger charge is -2.43. The molecule has 0 bridgehead atoms. The Kier molecular flexibility index (Phi) is 6.59. The minimum atomic E-state index is 0.102. The zero-order chi connectivity index (χ0) is 18.5. The maximum atomic E-state index is 12.6. The van der Waals surface area contributed by atoms with Gasteiger partial charge in [0.1, 0.15) is 0 Å². The second-order valence-corrected chi connectivity index (χ2v) is 8.06. The van der Waals surface area contributed by atoms with E-state index in [1.807, 2.05) is 6.92 Å². The van der Waals surface area contributed by atoms with E-state index in [2.05, 4.69) is 38.9 Å². The van der Waals surface area contributed by atoms with Gasteiger partial charge in [-0.25, -0.2) is 0 Å². The summed E-state index contributed by atoms with van der Waals surface area (Å²) in [5, 5.41) is 3.06. The molecule has 3 rings (SSSR count). The van der Waals surface area contributed by atoms with Crippen LogP contribution in [0.5, 0.6) is 0 Å². The highest BCUT2D eigenvalue weighted by atomic mass is 16.1. The van der Waals surface area contributed by atoms with Crippen LogP contribution in [0, 0.1) is 12.8 Å². The highest BCUT2D eigenvalue weighted by Gasteiger charge is 2.31. The van der Waals surface area contributed by atoms with Gasteiger partial charge in [-0.15, -0.1) is 0 Å². The molecule has 1 amide bonds. The monoisotopic (exact) mass is 359 g/mol. The third kappa shape index (κ3) is 5.01. The number of aromatic nitrogens is 2. The van der Waals surface area contributed by atoms with Crippen LogP contribution in [0.25, 0.3) is 0 Å². The average Bonchev–Trinajstić information content (AvgIpc) is 2.67. The van der Waals surface area contributed by atoms with Gasteiger partial charge in [-0.2, -0.15) is 0 Å². The van der Waals surface area contributed by atoms with Crippen molar-refractivity contribution in [2.24, 2.45) is 5.92 Å². The van der Waals surface area contributed by atoms with E-state index in [-0.39, 0.29) is 11.8 Å². The van der Waals surface area contributed by atoms with Crippen molar-refractivity contribution in [2.45, 2.75) is 65.1 Å². The summed E-state index contributed by atoms with van der Waals surface area (Å²) >= 11 is 0. The van der Waals surface area contributed by atoms with Gasteiger partial charge >= 0.3 is 0 Å². The molecule has 1 aromatic rings. The van der Waals surface area contributed by atoms with Crippen molar-refractivity contribution in [3.63, 3.8) is 0 Å². The Morgan fingerprint density at radius 1 is 1.19 bits per heavy atom. The third-order valence-electron chi connectivity index (χ3n) is 5.85. The van der Waals surface area contributed by atoms with E-state index in [0.29, 0.717) is 18.6 Å². The molecule has 26 heavy (non-hydrogen) atoms. The molecule has 0 aliphatic carbocycles. The van der Waals surface area contributed by atoms with E-state index in [1.54, 1.807) is 12.4 Å². The van der Waals surface area contributed by atoms with Crippen LogP contribution in [0.2, 0.25) is 0 Å². The Morgan fingerprint density at radius 2 is 1.96 bits per heavy atom. The maximum Gasteiger partial charge on any atom is 0.224 e. The first-order valence-electron chi connectivity index (χ1n) is 10.1. The van der Waals surface area contributed by atoms with Crippen LogP contribution in [0.4, 0.5) is 0 Å². The van der Waals surface area contributed by atoms with Gasteiger partial charge in [0.05, 0.1) is 30.0 Å². The molecule has 0 radical (unpaired) electrons. The molecule has 2 aliphatic heterocycles. The predicted octanol–water partition coefficient (Wildman–Crippen LogP) is 1.99. The highest BCUT2D eigenvalue weighted by molar-refractivity contribution is 5.78. The smallest absolute Gasteiger partial charge is 0.224 e. The highest BCUT2D eigenvalue weighted by Crippen LogP contribution is 2.24. The number of carbonyl (C=O) groups is 1. The van der Waals surface area contributed by atoms with Crippen LogP contribution >= 0.6 is 0 Å². The fourth-order valence-corrected chi connectivity index (χ4v) is 4.15. The van der Waals surface area contributed by atoms with Crippen molar-refractivity contribution >= 4 is 5.91 Å². The van der Waals surface area contributed by atoms with Crippen molar-refractivity contribution in [1.82, 2.24) is 25.1 Å². The van der Waals surface area contributed by atoms with E-state index >= 15 is 0 Å². The van der Waals surface area contributed by atoms with Gasteiger partial charge in [-0.05, 0) is 66.1 Å². The molecule has 2 aliphatic rings. The maximum absolute atomic E-state index is 12.6. The largest absolute Gasteiger partial charge is 0.350 e. The molecule has 2 saturated heterocycles. The van der Waals surface area contributed by atoms with Gasteiger partial charge < -0.3 is 10.2 Å². The molecule has 0 spiro atoms. The standard InChI is InChI=1S/C20H33N5O/c1-15(2)24-9-6-19(7-10-24)25-8-4-5-17(14-25)20(26)23-13-18-12-21-16(3)11-22-18/h11-12,15,17,19H,4-10,13-14H2,1-3H3,(H,23,26). The molecule has 1 aromatic heterocycles. The van der Waals surface area contributed by atoms with Crippen LogP contribution < -0.4 is 5.32 Å². The molecule has 3 heterocycles. The lowest BCUT2D eigenvalue weighted by molar-refractivity contribution is -0.127. The SMILES string of the molecule is Cc1cnc(CNC(=O)C2CCCN(C3CCN(C(C)C)CC3)C2)cn1. The number of rotatable bonds is 5. The molecule has 0 aromatic carbocycles. The number of aryl methyl sites for hydroxylation is 1. The van der Waals surface area contributed by atoms with Crippen molar-refractivity contribution in [3.05, 3.63) is 23.8 Å².